The number of hydrogen-bond donors (Lipinski definition) is 2. The molecule has 1 fully saturated rings. The molecule has 1 unspecified atom stereocenters. The van der Waals surface area contributed by atoms with Crippen LogP contribution in [-0.4, -0.2) is 18.1 Å². The second-order valence-electron chi connectivity index (χ2n) is 5.66. The lowest BCUT2D eigenvalue weighted by Crippen LogP contribution is -2.30. The van der Waals surface area contributed by atoms with Crippen molar-refractivity contribution >= 4 is 10.9 Å². The van der Waals surface area contributed by atoms with E-state index in [1.165, 1.54) is 59.9 Å². The maximum Gasteiger partial charge on any atom is 0.0489 e. The average Bonchev–Trinajstić information content (AvgIpc) is 2.79. The molecule has 1 aromatic carbocycles. The van der Waals surface area contributed by atoms with E-state index in [2.05, 4.69) is 42.5 Å². The molecule has 96 valence electrons. The van der Waals surface area contributed by atoms with E-state index in [4.69, 9.17) is 0 Å². The van der Waals surface area contributed by atoms with Crippen molar-refractivity contribution in [2.75, 3.05) is 13.1 Å². The summed E-state index contributed by atoms with van der Waals surface area (Å²) in [6, 6.07) is 4.52. The van der Waals surface area contributed by atoms with E-state index in [9.17, 15) is 0 Å². The fourth-order valence-corrected chi connectivity index (χ4v) is 3.08. The molecule has 1 saturated heterocycles. The molecule has 2 N–H and O–H groups in total. The van der Waals surface area contributed by atoms with E-state index >= 15 is 0 Å². The Bertz CT molecular complexity index is 547. The van der Waals surface area contributed by atoms with Crippen LogP contribution in [0.5, 0.6) is 0 Å². The SMILES string of the molecule is Cc1ccc2c(CC3CCCNC3)c[nH]c2c1C. The maximum atomic E-state index is 3.51. The lowest BCUT2D eigenvalue weighted by Gasteiger charge is -2.22. The van der Waals surface area contributed by atoms with E-state index in [0.717, 1.165) is 5.92 Å². The van der Waals surface area contributed by atoms with Crippen molar-refractivity contribution in [1.82, 2.24) is 10.3 Å². The molecule has 0 spiro atoms. The Morgan fingerprint density at radius 3 is 2.94 bits per heavy atom. The number of aromatic nitrogens is 1. The summed E-state index contributed by atoms with van der Waals surface area (Å²) < 4.78 is 0. The zero-order valence-corrected chi connectivity index (χ0v) is 11.3. The number of rotatable bonds is 2. The molecule has 2 aromatic rings. The Kier molecular flexibility index (Phi) is 3.13. The van der Waals surface area contributed by atoms with Gasteiger partial charge in [0.25, 0.3) is 0 Å². The van der Waals surface area contributed by atoms with Gasteiger partial charge >= 0.3 is 0 Å². The monoisotopic (exact) mass is 242 g/mol. The summed E-state index contributed by atoms with van der Waals surface area (Å²) >= 11 is 0. The molecule has 0 saturated carbocycles. The van der Waals surface area contributed by atoms with Crippen molar-refractivity contribution < 1.29 is 0 Å². The fraction of sp³-hybridized carbons (Fsp3) is 0.500. The van der Waals surface area contributed by atoms with Gasteiger partial charge < -0.3 is 10.3 Å². The van der Waals surface area contributed by atoms with Gasteiger partial charge in [-0.25, -0.2) is 0 Å². The standard InChI is InChI=1S/C16H22N2/c1-11-5-6-15-14(10-18-16(15)12(11)2)8-13-4-3-7-17-9-13/h5-6,10,13,17-18H,3-4,7-9H2,1-2H3. The zero-order chi connectivity index (χ0) is 12.5. The van der Waals surface area contributed by atoms with Gasteiger partial charge in [-0.15, -0.1) is 0 Å². The summed E-state index contributed by atoms with van der Waals surface area (Å²) in [4.78, 5) is 3.47. The smallest absolute Gasteiger partial charge is 0.0489 e. The van der Waals surface area contributed by atoms with Gasteiger partial charge in [0.1, 0.15) is 0 Å². The van der Waals surface area contributed by atoms with Gasteiger partial charge in [-0.2, -0.15) is 0 Å². The minimum atomic E-state index is 0.805. The Hall–Kier alpha value is -1.28. The molecular weight excluding hydrogens is 220 g/mol. The Morgan fingerprint density at radius 1 is 1.28 bits per heavy atom. The van der Waals surface area contributed by atoms with Crippen LogP contribution in [0, 0.1) is 19.8 Å². The number of hydrogen-bond acceptors (Lipinski definition) is 1. The van der Waals surface area contributed by atoms with Crippen LogP contribution in [0.15, 0.2) is 18.3 Å². The molecular formula is C16H22N2. The zero-order valence-electron chi connectivity index (χ0n) is 11.3. The van der Waals surface area contributed by atoms with E-state index in [-0.39, 0.29) is 0 Å². The predicted octanol–water partition coefficient (Wildman–Crippen LogP) is 3.33. The van der Waals surface area contributed by atoms with E-state index < -0.39 is 0 Å². The van der Waals surface area contributed by atoms with Crippen molar-refractivity contribution in [2.24, 2.45) is 5.92 Å². The summed E-state index contributed by atoms with van der Waals surface area (Å²) in [6.07, 6.45) is 6.11. The first-order valence-corrected chi connectivity index (χ1v) is 7.02. The highest BCUT2D eigenvalue weighted by molar-refractivity contribution is 5.86. The lowest BCUT2D eigenvalue weighted by molar-refractivity contribution is 0.377. The molecule has 2 nitrogen and oxygen atoms in total. The first-order chi connectivity index (χ1) is 8.75. The number of aryl methyl sites for hydroxylation is 2. The summed E-state index contributed by atoms with van der Waals surface area (Å²) in [5, 5.41) is 4.93. The number of benzene rings is 1. The Labute approximate surface area is 109 Å². The Balaban J connectivity index is 1.90. The maximum absolute atomic E-state index is 3.51. The van der Waals surface area contributed by atoms with Gasteiger partial charge in [0.05, 0.1) is 0 Å². The molecule has 1 aliphatic heterocycles. The van der Waals surface area contributed by atoms with Crippen LogP contribution >= 0.6 is 0 Å². The van der Waals surface area contributed by atoms with Crippen LogP contribution < -0.4 is 5.32 Å². The molecule has 0 radical (unpaired) electrons. The molecule has 1 aromatic heterocycles. The second-order valence-corrected chi connectivity index (χ2v) is 5.66. The number of H-pyrrole nitrogens is 1. The topological polar surface area (TPSA) is 27.8 Å². The van der Waals surface area contributed by atoms with Gasteiger partial charge in [0, 0.05) is 17.1 Å². The average molecular weight is 242 g/mol. The highest BCUT2D eigenvalue weighted by atomic mass is 14.9. The second kappa shape index (κ2) is 4.77. The van der Waals surface area contributed by atoms with Crippen LogP contribution in [0.4, 0.5) is 0 Å². The molecule has 3 rings (SSSR count). The van der Waals surface area contributed by atoms with Gasteiger partial charge in [-0.3, -0.25) is 0 Å². The highest BCUT2D eigenvalue weighted by Gasteiger charge is 2.16. The van der Waals surface area contributed by atoms with Gasteiger partial charge in [0.15, 0.2) is 0 Å². The third-order valence-corrected chi connectivity index (χ3v) is 4.38. The quantitative estimate of drug-likeness (QED) is 0.830. The Morgan fingerprint density at radius 2 is 2.17 bits per heavy atom. The molecule has 0 aliphatic carbocycles. The first kappa shape index (κ1) is 11.8. The van der Waals surface area contributed by atoms with E-state index in [1.807, 2.05) is 0 Å². The van der Waals surface area contributed by atoms with Crippen LogP contribution in [-0.2, 0) is 6.42 Å². The van der Waals surface area contributed by atoms with Gasteiger partial charge in [-0.1, -0.05) is 12.1 Å². The summed E-state index contributed by atoms with van der Waals surface area (Å²) in [5.74, 6) is 0.805. The van der Waals surface area contributed by atoms with E-state index in [0.29, 0.717) is 0 Å². The van der Waals surface area contributed by atoms with Crippen molar-refractivity contribution in [2.45, 2.75) is 33.1 Å². The molecule has 1 aliphatic rings. The largest absolute Gasteiger partial charge is 0.361 e. The molecule has 0 amide bonds. The number of aromatic amines is 1. The van der Waals surface area contributed by atoms with Crippen molar-refractivity contribution in [3.8, 4) is 0 Å². The van der Waals surface area contributed by atoms with Crippen LogP contribution in [0.1, 0.15) is 29.5 Å². The molecule has 2 heterocycles. The lowest BCUT2D eigenvalue weighted by atomic mass is 9.92. The summed E-state index contributed by atoms with van der Waals surface area (Å²) in [6.45, 7) is 6.76. The van der Waals surface area contributed by atoms with Crippen LogP contribution in [0.2, 0.25) is 0 Å². The van der Waals surface area contributed by atoms with Gasteiger partial charge in [0.2, 0.25) is 0 Å². The fourth-order valence-electron chi connectivity index (χ4n) is 3.08. The number of fused-ring (bicyclic) bond motifs is 1. The summed E-state index contributed by atoms with van der Waals surface area (Å²) in [7, 11) is 0. The van der Waals surface area contributed by atoms with Crippen LogP contribution in [0.25, 0.3) is 10.9 Å². The molecule has 1 atom stereocenters. The van der Waals surface area contributed by atoms with Crippen LogP contribution in [0.3, 0.4) is 0 Å². The molecule has 0 bridgehead atoms. The minimum absolute atomic E-state index is 0.805. The van der Waals surface area contributed by atoms with E-state index in [1.54, 1.807) is 0 Å². The number of nitrogens with one attached hydrogen (secondary N) is 2. The molecule has 18 heavy (non-hydrogen) atoms. The van der Waals surface area contributed by atoms with Crippen molar-refractivity contribution in [3.05, 3.63) is 35.0 Å². The van der Waals surface area contributed by atoms with Crippen molar-refractivity contribution in [1.29, 1.82) is 0 Å². The third kappa shape index (κ3) is 2.05. The minimum Gasteiger partial charge on any atom is -0.361 e. The number of piperidine rings is 1. The predicted molar refractivity (Wildman–Crippen MR) is 77.1 cm³/mol. The normalized spacial score (nSPS) is 20.4. The van der Waals surface area contributed by atoms with Crippen molar-refractivity contribution in [3.63, 3.8) is 0 Å². The summed E-state index contributed by atoms with van der Waals surface area (Å²) in [5.41, 5.74) is 5.58. The highest BCUT2D eigenvalue weighted by Crippen LogP contribution is 2.27. The third-order valence-electron chi connectivity index (χ3n) is 4.38. The van der Waals surface area contributed by atoms with Gasteiger partial charge in [-0.05, 0) is 68.8 Å². The first-order valence-electron chi connectivity index (χ1n) is 7.02. The molecule has 2 heteroatoms.